The number of nitrogens with one attached hydrogen (secondary N) is 1. The van der Waals surface area contributed by atoms with Crippen LogP contribution in [-0.2, 0) is 33.6 Å². The Morgan fingerprint density at radius 1 is 0.767 bits per heavy atom. The van der Waals surface area contributed by atoms with Crippen molar-refractivity contribution < 1.29 is 53.8 Å². The van der Waals surface area contributed by atoms with Crippen LogP contribution in [0.5, 0.6) is 0 Å². The Morgan fingerprint density at radius 2 is 1.29 bits per heavy atom. The number of amides is 1. The van der Waals surface area contributed by atoms with Gasteiger partial charge in [-0.1, -0.05) is 0 Å². The smallest absolute Gasteiger partial charge is 0.417 e. The number of nitriles is 2. The third kappa shape index (κ3) is 12.9. The van der Waals surface area contributed by atoms with Gasteiger partial charge in [-0.3, -0.25) is 28.4 Å². The molecule has 1 N–H and O–H groups in total. The molecule has 0 radical (unpaired) electrons. The molecule has 1 amide bonds. The van der Waals surface area contributed by atoms with E-state index < -0.39 is 76.8 Å². The molecule has 0 atom stereocenters. The van der Waals surface area contributed by atoms with Crippen LogP contribution < -0.4 is 26.2 Å². The lowest BCUT2D eigenvalue weighted by Gasteiger charge is -2.29. The molecule has 26 heteroatoms. The standard InChI is InChI=1S/C23H15F6N5O2S.C15H16F3N3O3.C9H6N2S/c1-21(2)19(36)33(13-4-3-12(9-30)16(7-13)23(27,28)29)20(37)34(21)14-5-6-15-17(8-14)31-11-32(18(15)35)10-22(24,25)26;1-14(2,13(23)24-3)20-9-4-5-10-11(6-9)19-8-21(12(10)22)7-15(16,17)18;1-7-4-9(11-6-12)3-2-8(7)5-10/h3-8,11H,10H2,1-2H3;4-6,8,20H,7H2,1-3H3;2-4H,1H3. The average molecular weight is 1060 g/mol. The summed E-state index contributed by atoms with van der Waals surface area (Å²) in [6, 6.07) is 19.9. The zero-order valence-corrected chi connectivity index (χ0v) is 40.4. The van der Waals surface area contributed by atoms with Crippen molar-refractivity contribution in [3.8, 4) is 12.1 Å². The highest BCUT2D eigenvalue weighted by molar-refractivity contribution is 7.81. The van der Waals surface area contributed by atoms with Gasteiger partial charge >= 0.3 is 24.5 Å². The van der Waals surface area contributed by atoms with E-state index in [1.54, 1.807) is 32.0 Å². The number of fused-ring (bicyclic) bond motifs is 2. The maximum atomic E-state index is 13.5. The van der Waals surface area contributed by atoms with E-state index in [2.05, 4.69) is 48.5 Å². The Bertz CT molecular complexity index is 3430. The molecule has 0 bridgehead atoms. The molecule has 1 aliphatic heterocycles. The van der Waals surface area contributed by atoms with E-state index in [0.717, 1.165) is 34.9 Å². The van der Waals surface area contributed by atoms with Crippen LogP contribution in [0.1, 0.15) is 49.9 Å². The summed E-state index contributed by atoms with van der Waals surface area (Å²) in [6.45, 7) is 5.12. The molecule has 6 aromatic rings. The molecule has 0 spiro atoms. The highest BCUT2D eigenvalue weighted by atomic mass is 32.1. The van der Waals surface area contributed by atoms with Gasteiger partial charge in [0, 0.05) is 11.4 Å². The lowest BCUT2D eigenvalue weighted by atomic mass is 10.0. The van der Waals surface area contributed by atoms with Crippen molar-refractivity contribution in [2.75, 3.05) is 22.2 Å². The van der Waals surface area contributed by atoms with Crippen LogP contribution >= 0.6 is 24.4 Å². The highest BCUT2D eigenvalue weighted by Crippen LogP contribution is 2.40. The zero-order chi connectivity index (χ0) is 54.6. The first kappa shape index (κ1) is 55.9. The van der Waals surface area contributed by atoms with Gasteiger partial charge in [0.1, 0.15) is 24.2 Å². The number of ether oxygens (including phenoxy) is 1. The minimum atomic E-state index is -4.86. The number of halogens is 9. The molecule has 2 aromatic heterocycles. The number of carbonyl (C=O) groups is 2. The Balaban J connectivity index is 0.000000233. The van der Waals surface area contributed by atoms with Crippen LogP contribution in [0.4, 0.5) is 62.3 Å². The first-order valence-corrected chi connectivity index (χ1v) is 21.6. The van der Waals surface area contributed by atoms with Gasteiger partial charge in [0.15, 0.2) is 5.11 Å². The van der Waals surface area contributed by atoms with Gasteiger partial charge in [-0.2, -0.15) is 55.0 Å². The van der Waals surface area contributed by atoms with Crippen LogP contribution in [0, 0.1) is 29.6 Å². The van der Waals surface area contributed by atoms with Crippen molar-refractivity contribution in [2.45, 2.75) is 77.3 Å². The molecular weight excluding hydrogens is 1020 g/mol. The number of carbonyl (C=O) groups excluding carboxylic acids is 2. The number of aliphatic imine (C=N–C) groups is 1. The largest absolute Gasteiger partial charge is 0.467 e. The summed E-state index contributed by atoms with van der Waals surface area (Å²) in [5, 5.41) is 22.6. The molecule has 3 heterocycles. The van der Waals surface area contributed by atoms with Gasteiger partial charge in [-0.25, -0.2) is 14.8 Å². The second-order valence-electron chi connectivity index (χ2n) is 16.7. The number of benzene rings is 4. The van der Waals surface area contributed by atoms with E-state index in [4.69, 9.17) is 22.7 Å². The van der Waals surface area contributed by atoms with Crippen molar-refractivity contribution in [2.24, 2.45) is 4.99 Å². The molecule has 0 saturated carbocycles. The number of esters is 1. The summed E-state index contributed by atoms with van der Waals surface area (Å²) < 4.78 is 122. The monoisotopic (exact) mass is 1060 g/mol. The van der Waals surface area contributed by atoms with Gasteiger partial charge in [-0.15, -0.1) is 0 Å². The van der Waals surface area contributed by atoms with E-state index >= 15 is 0 Å². The molecule has 1 saturated heterocycles. The summed E-state index contributed by atoms with van der Waals surface area (Å²) in [7, 11) is 1.26. The number of rotatable bonds is 8. The molecule has 380 valence electrons. The molecule has 1 aliphatic rings. The number of anilines is 3. The van der Waals surface area contributed by atoms with Crippen LogP contribution in [-0.4, -0.2) is 71.8 Å². The Morgan fingerprint density at radius 3 is 1.78 bits per heavy atom. The number of hydrogen-bond acceptors (Lipinski definition) is 13. The fraction of sp³-hybridized carbons (Fsp3) is 0.277. The molecule has 0 unspecified atom stereocenters. The van der Waals surface area contributed by atoms with Gasteiger partial charge in [0.25, 0.3) is 17.0 Å². The number of aryl methyl sites for hydroxylation is 1. The maximum absolute atomic E-state index is 13.5. The summed E-state index contributed by atoms with van der Waals surface area (Å²) in [4.78, 5) is 63.4. The quantitative estimate of drug-likeness (QED) is 0.0657. The van der Waals surface area contributed by atoms with Gasteiger partial charge < -0.3 is 15.0 Å². The number of thiocarbonyl (C=S) groups is 2. The summed E-state index contributed by atoms with van der Waals surface area (Å²) >= 11 is 9.91. The summed E-state index contributed by atoms with van der Waals surface area (Å²) in [5.74, 6) is -1.15. The topological polar surface area (TPSA) is 192 Å². The van der Waals surface area contributed by atoms with Crippen LogP contribution in [0.25, 0.3) is 21.8 Å². The van der Waals surface area contributed by atoms with Gasteiger partial charge in [-0.05, 0) is 137 Å². The highest BCUT2D eigenvalue weighted by Gasteiger charge is 2.51. The van der Waals surface area contributed by atoms with Gasteiger partial charge in [0.05, 0.1) is 86.9 Å². The lowest BCUT2D eigenvalue weighted by Crippen LogP contribution is -2.44. The number of nitrogens with zero attached hydrogens (tertiary/aromatic N) is 9. The predicted octanol–water partition coefficient (Wildman–Crippen LogP) is 9.69. The fourth-order valence-corrected chi connectivity index (χ4v) is 7.78. The van der Waals surface area contributed by atoms with Crippen molar-refractivity contribution >= 4 is 91.1 Å². The van der Waals surface area contributed by atoms with Crippen LogP contribution in [0.2, 0.25) is 0 Å². The minimum Gasteiger partial charge on any atom is -0.467 e. The van der Waals surface area contributed by atoms with Crippen LogP contribution in [0.15, 0.2) is 100 Å². The Kier molecular flexibility index (Phi) is 16.3. The number of aromatic nitrogens is 4. The van der Waals surface area contributed by atoms with Crippen molar-refractivity contribution in [1.82, 2.24) is 19.1 Å². The number of methoxy groups -OCH3 is 1. The second-order valence-corrected chi connectivity index (χ2v) is 17.3. The molecule has 15 nitrogen and oxygen atoms in total. The maximum Gasteiger partial charge on any atom is 0.417 e. The van der Waals surface area contributed by atoms with E-state index in [1.165, 1.54) is 74.4 Å². The van der Waals surface area contributed by atoms with E-state index in [-0.39, 0.29) is 38.3 Å². The number of isothiocyanates is 1. The summed E-state index contributed by atoms with van der Waals surface area (Å²) in [6.07, 6.45) is -12.4. The number of alkyl halides is 9. The SMILES string of the molecule is CC1(C)C(=O)N(c2ccc(C#N)c(C(F)(F)F)c2)C(=S)N1c1ccc2c(=O)n(CC(F)(F)F)cnc2c1.COC(=O)C(C)(C)Nc1ccc2c(=O)n(CC(F)(F)F)cnc2c1.Cc1cc(N=C=S)ccc1C#N. The lowest BCUT2D eigenvalue weighted by molar-refractivity contribution is -0.145. The average Bonchev–Trinajstić information content (AvgIpc) is 3.48. The Hall–Kier alpha value is -8.06. The molecule has 4 aromatic carbocycles. The van der Waals surface area contributed by atoms with E-state index in [0.29, 0.717) is 26.5 Å². The molecule has 1 fully saturated rings. The first-order valence-electron chi connectivity index (χ1n) is 20.7. The fourth-order valence-electron chi connectivity index (χ4n) is 7.16. The third-order valence-electron chi connectivity index (χ3n) is 10.6. The van der Waals surface area contributed by atoms with Crippen molar-refractivity contribution in [3.63, 3.8) is 0 Å². The summed E-state index contributed by atoms with van der Waals surface area (Å²) in [5.41, 5.74) is -2.89. The van der Waals surface area contributed by atoms with E-state index in [1.807, 2.05) is 6.92 Å². The minimum absolute atomic E-state index is 0.0307. The second kappa shape index (κ2) is 21.3. The zero-order valence-electron chi connectivity index (χ0n) is 38.8. The van der Waals surface area contributed by atoms with Crippen molar-refractivity contribution in [3.05, 3.63) is 128 Å². The molecule has 73 heavy (non-hydrogen) atoms. The predicted molar refractivity (Wildman–Crippen MR) is 257 cm³/mol. The molecule has 7 rings (SSSR count). The van der Waals surface area contributed by atoms with Crippen molar-refractivity contribution in [1.29, 1.82) is 10.5 Å². The normalized spacial score (nSPS) is 13.5. The first-order chi connectivity index (χ1) is 33.9. The van der Waals surface area contributed by atoms with E-state index in [9.17, 15) is 58.7 Å². The Labute approximate surface area is 418 Å². The van der Waals surface area contributed by atoms with Crippen LogP contribution in [0.3, 0.4) is 0 Å². The third-order valence-corrected chi connectivity index (χ3v) is 11.1. The molecular formula is C47H37F9N10O5S2. The number of hydrogen-bond donors (Lipinski definition) is 1. The molecule has 0 aliphatic carbocycles. The van der Waals surface area contributed by atoms with Gasteiger partial charge in [0.2, 0.25) is 0 Å².